The largest absolute Gasteiger partial charge is 0.306 e. The number of hydrogen-bond acceptors (Lipinski definition) is 5. The van der Waals surface area contributed by atoms with Crippen LogP contribution in [0.4, 0.5) is 0 Å². The number of nitrogens with zero attached hydrogens (tertiary/aromatic N) is 2. The van der Waals surface area contributed by atoms with Gasteiger partial charge in [0, 0.05) is 5.92 Å². The Morgan fingerprint density at radius 3 is 3.00 bits per heavy atom. The van der Waals surface area contributed by atoms with E-state index >= 15 is 0 Å². The third kappa shape index (κ3) is 2.34. The molecule has 106 valence electrons. The fourth-order valence-corrected chi connectivity index (χ4v) is 4.09. The van der Waals surface area contributed by atoms with Crippen LogP contribution in [0, 0.1) is 6.92 Å². The van der Waals surface area contributed by atoms with Gasteiger partial charge < -0.3 is 4.98 Å². The number of H-pyrrole nitrogens is 1. The topological polar surface area (TPSA) is 58.6 Å². The number of rotatable bonds is 3. The van der Waals surface area contributed by atoms with Crippen LogP contribution in [0.25, 0.3) is 22.4 Å². The van der Waals surface area contributed by atoms with E-state index in [4.69, 9.17) is 0 Å². The van der Waals surface area contributed by atoms with Gasteiger partial charge in [-0.2, -0.15) is 0 Å². The first-order valence-electron chi connectivity index (χ1n) is 6.82. The van der Waals surface area contributed by atoms with Crippen molar-refractivity contribution in [3.05, 3.63) is 43.2 Å². The second-order valence-corrected chi connectivity index (χ2v) is 7.00. The molecule has 0 unspecified atom stereocenters. The Morgan fingerprint density at radius 1 is 1.33 bits per heavy atom. The Bertz CT molecular complexity index is 899. The summed E-state index contributed by atoms with van der Waals surface area (Å²) in [7, 11) is 0. The van der Waals surface area contributed by atoms with Gasteiger partial charge in [0.1, 0.15) is 10.7 Å². The molecule has 0 bridgehead atoms. The first-order chi connectivity index (χ1) is 10.2. The van der Waals surface area contributed by atoms with Gasteiger partial charge in [-0.3, -0.25) is 4.79 Å². The van der Waals surface area contributed by atoms with Crippen LogP contribution in [-0.4, -0.2) is 15.0 Å². The maximum atomic E-state index is 12.1. The number of thiazole rings is 1. The molecule has 4 rings (SSSR count). The molecule has 0 aliphatic heterocycles. The fourth-order valence-electron chi connectivity index (χ4n) is 2.39. The molecule has 0 amide bonds. The Labute approximate surface area is 129 Å². The molecule has 1 saturated carbocycles. The summed E-state index contributed by atoms with van der Waals surface area (Å²) in [4.78, 5) is 25.8. The molecule has 3 heterocycles. The van der Waals surface area contributed by atoms with E-state index in [0.29, 0.717) is 17.1 Å². The van der Waals surface area contributed by atoms with Crippen LogP contribution in [0.1, 0.15) is 40.7 Å². The van der Waals surface area contributed by atoms with Crippen molar-refractivity contribution in [2.24, 2.45) is 0 Å². The number of aromatic nitrogens is 3. The second-order valence-electron chi connectivity index (χ2n) is 5.26. The maximum Gasteiger partial charge on any atom is 0.260 e. The number of fused-ring (bicyclic) bond motifs is 1. The SMILES string of the molecule is Cc1csc2nc(C=Cc3scnc3C3CC3)[nH]c(=O)c12. The molecule has 4 nitrogen and oxygen atoms in total. The number of aryl methyl sites for hydroxylation is 1. The molecule has 6 heteroatoms. The molecule has 0 spiro atoms. The van der Waals surface area contributed by atoms with Crippen molar-refractivity contribution in [3.63, 3.8) is 0 Å². The highest BCUT2D eigenvalue weighted by molar-refractivity contribution is 7.16. The Hall–Kier alpha value is -1.79. The summed E-state index contributed by atoms with van der Waals surface area (Å²) in [5, 5.41) is 2.67. The minimum Gasteiger partial charge on any atom is -0.306 e. The average Bonchev–Trinajstić information content (AvgIpc) is 3.08. The summed E-state index contributed by atoms with van der Waals surface area (Å²) in [5.74, 6) is 1.23. The minimum absolute atomic E-state index is 0.0647. The molecule has 0 saturated heterocycles. The first kappa shape index (κ1) is 12.9. The summed E-state index contributed by atoms with van der Waals surface area (Å²) in [6, 6.07) is 0. The van der Waals surface area contributed by atoms with Crippen molar-refractivity contribution in [2.75, 3.05) is 0 Å². The molecule has 3 aromatic heterocycles. The quantitative estimate of drug-likeness (QED) is 0.800. The lowest BCUT2D eigenvalue weighted by Gasteiger charge is -1.96. The third-order valence-electron chi connectivity index (χ3n) is 3.63. The molecule has 0 radical (unpaired) electrons. The van der Waals surface area contributed by atoms with E-state index in [1.165, 1.54) is 34.7 Å². The lowest BCUT2D eigenvalue weighted by atomic mass is 10.2. The Balaban J connectivity index is 1.72. The standard InChI is InChI=1S/C15H13N3OS2/c1-8-6-20-15-12(8)14(19)17-11(18-15)5-4-10-13(9-2-3-9)16-7-21-10/h4-7,9H,2-3H2,1H3,(H,17,18,19). The van der Waals surface area contributed by atoms with E-state index in [9.17, 15) is 4.79 Å². The molecule has 1 N–H and O–H groups in total. The van der Waals surface area contributed by atoms with E-state index in [-0.39, 0.29) is 5.56 Å². The second kappa shape index (κ2) is 4.89. The van der Waals surface area contributed by atoms with E-state index in [1.54, 1.807) is 11.3 Å². The predicted octanol–water partition coefficient (Wildman–Crippen LogP) is 3.80. The van der Waals surface area contributed by atoms with Gasteiger partial charge in [0.05, 0.1) is 21.5 Å². The normalized spacial score (nSPS) is 15.3. The summed E-state index contributed by atoms with van der Waals surface area (Å²) in [6.07, 6.45) is 6.35. The van der Waals surface area contributed by atoms with Crippen LogP contribution in [0.5, 0.6) is 0 Å². The van der Waals surface area contributed by atoms with Gasteiger partial charge in [0.15, 0.2) is 0 Å². The zero-order valence-electron chi connectivity index (χ0n) is 11.4. The molecule has 1 aliphatic carbocycles. The van der Waals surface area contributed by atoms with Gasteiger partial charge in [0.2, 0.25) is 0 Å². The third-order valence-corrected chi connectivity index (χ3v) is 5.43. The molecule has 0 aromatic carbocycles. The average molecular weight is 315 g/mol. The molecule has 1 aliphatic rings. The lowest BCUT2D eigenvalue weighted by molar-refractivity contribution is 1.05. The van der Waals surface area contributed by atoms with Crippen LogP contribution in [0.2, 0.25) is 0 Å². The molecule has 21 heavy (non-hydrogen) atoms. The van der Waals surface area contributed by atoms with Gasteiger partial charge >= 0.3 is 0 Å². The number of nitrogens with one attached hydrogen (secondary N) is 1. The zero-order valence-corrected chi connectivity index (χ0v) is 13.1. The minimum atomic E-state index is -0.0647. The fraction of sp³-hybridized carbons (Fsp3) is 0.267. The van der Waals surface area contributed by atoms with Crippen molar-refractivity contribution < 1.29 is 0 Å². The zero-order chi connectivity index (χ0) is 14.4. The Kier molecular flexibility index (Phi) is 3.01. The summed E-state index contributed by atoms with van der Waals surface area (Å²) in [5.41, 5.74) is 3.99. The molecular weight excluding hydrogens is 302 g/mol. The molecular formula is C15H13N3OS2. The van der Waals surface area contributed by atoms with Gasteiger partial charge in [-0.1, -0.05) is 0 Å². The highest BCUT2D eigenvalue weighted by Crippen LogP contribution is 2.42. The van der Waals surface area contributed by atoms with Crippen molar-refractivity contribution >= 4 is 45.0 Å². The highest BCUT2D eigenvalue weighted by Gasteiger charge is 2.27. The summed E-state index contributed by atoms with van der Waals surface area (Å²) in [6.45, 7) is 1.94. The summed E-state index contributed by atoms with van der Waals surface area (Å²) >= 11 is 3.14. The van der Waals surface area contributed by atoms with E-state index in [0.717, 1.165) is 10.4 Å². The van der Waals surface area contributed by atoms with Crippen molar-refractivity contribution in [1.82, 2.24) is 15.0 Å². The van der Waals surface area contributed by atoms with Crippen molar-refractivity contribution in [2.45, 2.75) is 25.7 Å². The molecule has 0 atom stereocenters. The molecule has 1 fully saturated rings. The van der Waals surface area contributed by atoms with Gasteiger partial charge in [0.25, 0.3) is 5.56 Å². The number of aromatic amines is 1. The first-order valence-corrected chi connectivity index (χ1v) is 8.58. The van der Waals surface area contributed by atoms with Gasteiger partial charge in [-0.05, 0) is 42.9 Å². The maximum absolute atomic E-state index is 12.1. The van der Waals surface area contributed by atoms with Crippen molar-refractivity contribution in [3.8, 4) is 0 Å². The lowest BCUT2D eigenvalue weighted by Crippen LogP contribution is -2.08. The number of thiophene rings is 1. The highest BCUT2D eigenvalue weighted by atomic mass is 32.1. The van der Waals surface area contributed by atoms with Crippen LogP contribution in [0.15, 0.2) is 15.7 Å². The Morgan fingerprint density at radius 2 is 2.19 bits per heavy atom. The predicted molar refractivity (Wildman–Crippen MR) is 88.0 cm³/mol. The smallest absolute Gasteiger partial charge is 0.260 e. The van der Waals surface area contributed by atoms with Crippen LogP contribution >= 0.6 is 22.7 Å². The van der Waals surface area contributed by atoms with Gasteiger partial charge in [-0.15, -0.1) is 22.7 Å². The van der Waals surface area contributed by atoms with Crippen LogP contribution < -0.4 is 5.56 Å². The van der Waals surface area contributed by atoms with Crippen molar-refractivity contribution in [1.29, 1.82) is 0 Å². The van der Waals surface area contributed by atoms with Gasteiger partial charge in [-0.25, -0.2) is 9.97 Å². The molecule has 3 aromatic rings. The monoisotopic (exact) mass is 315 g/mol. The number of hydrogen-bond donors (Lipinski definition) is 1. The van der Waals surface area contributed by atoms with E-state index in [2.05, 4.69) is 15.0 Å². The van der Waals surface area contributed by atoms with Crippen LogP contribution in [0.3, 0.4) is 0 Å². The summed E-state index contributed by atoms with van der Waals surface area (Å²) < 4.78 is 0. The van der Waals surface area contributed by atoms with E-state index < -0.39 is 0 Å². The van der Waals surface area contributed by atoms with Crippen LogP contribution in [-0.2, 0) is 0 Å². The van der Waals surface area contributed by atoms with E-state index in [1.807, 2.05) is 30.0 Å².